The monoisotopic (exact) mass is 272 g/mol. The van der Waals surface area contributed by atoms with Crippen LogP contribution < -0.4 is 10.6 Å². The van der Waals surface area contributed by atoms with Crippen molar-refractivity contribution in [2.75, 3.05) is 19.7 Å². The van der Waals surface area contributed by atoms with Gasteiger partial charge in [-0.05, 0) is 12.8 Å². The first-order valence-electron chi connectivity index (χ1n) is 6.10. The summed E-state index contributed by atoms with van der Waals surface area (Å²) in [7, 11) is 0. The number of hydrogen-bond acceptors (Lipinski definition) is 4. The van der Waals surface area contributed by atoms with Gasteiger partial charge >= 0.3 is 18.0 Å². The van der Waals surface area contributed by atoms with Crippen molar-refractivity contribution in [3.63, 3.8) is 0 Å². The lowest BCUT2D eigenvalue weighted by Gasteiger charge is -2.05. The molecular formula is C12H20N2O5. The van der Waals surface area contributed by atoms with Gasteiger partial charge in [0, 0.05) is 13.1 Å². The molecule has 0 aliphatic rings. The van der Waals surface area contributed by atoms with Crippen LogP contribution in [0.5, 0.6) is 0 Å². The van der Waals surface area contributed by atoms with Crippen LogP contribution in [0.15, 0.2) is 12.7 Å². The molecule has 0 radical (unpaired) electrons. The van der Waals surface area contributed by atoms with E-state index < -0.39 is 18.0 Å². The zero-order chi connectivity index (χ0) is 14.5. The zero-order valence-electron chi connectivity index (χ0n) is 10.8. The van der Waals surface area contributed by atoms with Crippen molar-refractivity contribution in [3.8, 4) is 0 Å². The van der Waals surface area contributed by atoms with E-state index in [1.807, 2.05) is 0 Å². The number of hydrogen-bond donors (Lipinski definition) is 3. The van der Waals surface area contributed by atoms with E-state index in [1.165, 1.54) is 6.08 Å². The fourth-order valence-electron chi connectivity index (χ4n) is 1.26. The maximum absolute atomic E-state index is 11.0. The number of carboxylic acid groups (broad SMARTS) is 1. The van der Waals surface area contributed by atoms with E-state index in [-0.39, 0.29) is 6.61 Å². The summed E-state index contributed by atoms with van der Waals surface area (Å²) < 4.78 is 4.71. The average molecular weight is 272 g/mol. The van der Waals surface area contributed by atoms with Crippen LogP contribution in [-0.2, 0) is 14.3 Å². The Bertz CT molecular complexity index is 317. The fourth-order valence-corrected chi connectivity index (χ4v) is 1.26. The van der Waals surface area contributed by atoms with Crippen LogP contribution in [-0.4, -0.2) is 42.8 Å². The number of aliphatic carboxylic acids is 1. The van der Waals surface area contributed by atoms with Crippen LogP contribution in [0.25, 0.3) is 0 Å². The highest BCUT2D eigenvalue weighted by molar-refractivity contribution is 6.31. The molecular weight excluding hydrogens is 252 g/mol. The summed E-state index contributed by atoms with van der Waals surface area (Å²) in [5, 5.41) is 13.2. The minimum atomic E-state index is -1.47. The minimum Gasteiger partial charge on any atom is -0.474 e. The highest BCUT2D eigenvalue weighted by Gasteiger charge is 2.08. The molecule has 0 bridgehead atoms. The Balaban J connectivity index is 3.27. The first kappa shape index (κ1) is 16.9. The van der Waals surface area contributed by atoms with E-state index in [4.69, 9.17) is 9.84 Å². The smallest absolute Gasteiger partial charge is 0.407 e. The van der Waals surface area contributed by atoms with Crippen molar-refractivity contribution in [2.24, 2.45) is 0 Å². The minimum absolute atomic E-state index is 0.190. The van der Waals surface area contributed by atoms with Gasteiger partial charge in [0.1, 0.15) is 6.61 Å². The van der Waals surface area contributed by atoms with Crippen molar-refractivity contribution >= 4 is 18.0 Å². The predicted molar refractivity (Wildman–Crippen MR) is 68.7 cm³/mol. The molecule has 0 fully saturated rings. The molecule has 7 heteroatoms. The lowest BCUT2D eigenvalue weighted by atomic mass is 10.2. The van der Waals surface area contributed by atoms with Gasteiger partial charge in [0.05, 0.1) is 0 Å². The number of alkyl carbamates (subject to hydrolysis) is 1. The van der Waals surface area contributed by atoms with E-state index in [0.29, 0.717) is 19.5 Å². The largest absolute Gasteiger partial charge is 0.474 e. The second-order valence-corrected chi connectivity index (χ2v) is 3.79. The van der Waals surface area contributed by atoms with Gasteiger partial charge in [0.15, 0.2) is 0 Å². The number of ether oxygens (including phenoxy) is 1. The molecule has 0 aromatic carbocycles. The highest BCUT2D eigenvalue weighted by atomic mass is 16.5. The van der Waals surface area contributed by atoms with E-state index >= 15 is 0 Å². The van der Waals surface area contributed by atoms with Gasteiger partial charge in [0.25, 0.3) is 0 Å². The second kappa shape index (κ2) is 11.1. The number of nitrogens with one attached hydrogen (secondary N) is 2. The van der Waals surface area contributed by atoms with Crippen LogP contribution in [0.2, 0.25) is 0 Å². The van der Waals surface area contributed by atoms with Crippen molar-refractivity contribution in [2.45, 2.75) is 25.7 Å². The van der Waals surface area contributed by atoms with E-state index in [0.717, 1.165) is 19.3 Å². The number of carbonyl (C=O) groups is 3. The molecule has 0 spiro atoms. The summed E-state index contributed by atoms with van der Waals surface area (Å²) in [5.74, 6) is -2.45. The molecule has 0 heterocycles. The third-order valence-corrected chi connectivity index (χ3v) is 2.18. The van der Waals surface area contributed by atoms with Crippen molar-refractivity contribution in [1.29, 1.82) is 0 Å². The maximum Gasteiger partial charge on any atom is 0.407 e. The quantitative estimate of drug-likeness (QED) is 0.325. The van der Waals surface area contributed by atoms with Crippen LogP contribution in [0, 0.1) is 0 Å². The molecule has 108 valence electrons. The van der Waals surface area contributed by atoms with Crippen LogP contribution in [0.3, 0.4) is 0 Å². The molecule has 0 aromatic heterocycles. The average Bonchev–Trinajstić information content (AvgIpc) is 2.38. The molecule has 0 aliphatic carbocycles. The summed E-state index contributed by atoms with van der Waals surface area (Å²) in [4.78, 5) is 31.8. The van der Waals surface area contributed by atoms with Gasteiger partial charge in [-0.15, -0.1) is 0 Å². The molecule has 0 rings (SSSR count). The van der Waals surface area contributed by atoms with Crippen molar-refractivity contribution in [1.82, 2.24) is 10.6 Å². The Morgan fingerprint density at radius 2 is 1.63 bits per heavy atom. The lowest BCUT2D eigenvalue weighted by molar-refractivity contribution is -0.150. The molecule has 2 amide bonds. The maximum atomic E-state index is 11.0. The summed E-state index contributed by atoms with van der Waals surface area (Å²) in [6.45, 7) is 4.48. The van der Waals surface area contributed by atoms with Gasteiger partial charge in [-0.1, -0.05) is 25.5 Å². The third-order valence-electron chi connectivity index (χ3n) is 2.18. The standard InChI is InChI=1S/C12H20N2O5/c1-2-9-19-12(18)14-8-6-4-3-5-7-13-10(15)11(16)17/h2H,1,3-9H2,(H,13,15)(H,14,18)(H,16,17). The van der Waals surface area contributed by atoms with E-state index in [2.05, 4.69) is 17.2 Å². The molecule has 0 atom stereocenters. The van der Waals surface area contributed by atoms with Crippen LogP contribution in [0.1, 0.15) is 25.7 Å². The summed E-state index contributed by atoms with van der Waals surface area (Å²) in [6.07, 6.45) is 4.27. The topological polar surface area (TPSA) is 105 Å². The van der Waals surface area contributed by atoms with Crippen molar-refractivity contribution < 1.29 is 24.2 Å². The number of amides is 2. The lowest BCUT2D eigenvalue weighted by Crippen LogP contribution is -2.31. The molecule has 0 unspecified atom stereocenters. The Kier molecular flexibility index (Phi) is 9.87. The van der Waals surface area contributed by atoms with Crippen molar-refractivity contribution in [3.05, 3.63) is 12.7 Å². The van der Waals surface area contributed by atoms with E-state index in [9.17, 15) is 14.4 Å². The van der Waals surface area contributed by atoms with Gasteiger partial charge in [0.2, 0.25) is 0 Å². The Hall–Kier alpha value is -2.05. The van der Waals surface area contributed by atoms with Gasteiger partial charge in [-0.2, -0.15) is 0 Å². The van der Waals surface area contributed by atoms with E-state index in [1.54, 1.807) is 0 Å². The van der Waals surface area contributed by atoms with Crippen LogP contribution in [0.4, 0.5) is 4.79 Å². The number of rotatable bonds is 9. The molecule has 3 N–H and O–H groups in total. The molecule has 19 heavy (non-hydrogen) atoms. The second-order valence-electron chi connectivity index (χ2n) is 3.79. The zero-order valence-corrected chi connectivity index (χ0v) is 10.8. The number of unbranched alkanes of at least 4 members (excludes halogenated alkanes) is 3. The summed E-state index contributed by atoms with van der Waals surface area (Å²) in [5.41, 5.74) is 0. The predicted octanol–water partition coefficient (Wildman–Crippen LogP) is 0.660. The highest BCUT2D eigenvalue weighted by Crippen LogP contribution is 1.97. The third kappa shape index (κ3) is 10.8. The first-order chi connectivity index (χ1) is 9.07. The summed E-state index contributed by atoms with van der Waals surface area (Å²) >= 11 is 0. The fraction of sp³-hybridized carbons (Fsp3) is 0.583. The Labute approximate surface area is 112 Å². The normalized spacial score (nSPS) is 9.47. The molecule has 0 aliphatic heterocycles. The molecule has 0 saturated heterocycles. The molecule has 0 aromatic rings. The van der Waals surface area contributed by atoms with Gasteiger partial charge in [-0.25, -0.2) is 9.59 Å². The molecule has 0 saturated carbocycles. The Morgan fingerprint density at radius 3 is 2.16 bits per heavy atom. The van der Waals surface area contributed by atoms with Crippen LogP contribution >= 0.6 is 0 Å². The Morgan fingerprint density at radius 1 is 1.05 bits per heavy atom. The SMILES string of the molecule is C=CCOC(=O)NCCCCCCNC(=O)C(=O)O. The summed E-state index contributed by atoms with van der Waals surface area (Å²) in [6, 6.07) is 0. The number of carboxylic acids is 1. The van der Waals surface area contributed by atoms with Gasteiger partial charge < -0.3 is 20.5 Å². The number of carbonyl (C=O) groups excluding carboxylic acids is 2. The molecule has 7 nitrogen and oxygen atoms in total. The first-order valence-corrected chi connectivity index (χ1v) is 6.10. The van der Waals surface area contributed by atoms with Gasteiger partial charge in [-0.3, -0.25) is 4.79 Å².